The fourth-order valence-electron chi connectivity index (χ4n) is 6.93. The quantitative estimate of drug-likeness (QED) is 0.105. The van der Waals surface area contributed by atoms with Gasteiger partial charge in [0.15, 0.2) is 0 Å². The van der Waals surface area contributed by atoms with Crippen LogP contribution in [0.2, 0.25) is 0 Å². The number of hydrogen-bond donors (Lipinski definition) is 5. The maximum Gasteiger partial charge on any atom is 0.326 e. The van der Waals surface area contributed by atoms with Gasteiger partial charge in [0.2, 0.25) is 17.7 Å². The number of ketones is 1. The zero-order valence-electron chi connectivity index (χ0n) is 33.7. The third-order valence-electron chi connectivity index (χ3n) is 10.3. The summed E-state index contributed by atoms with van der Waals surface area (Å²) in [6.07, 6.45) is 5.85. The summed E-state index contributed by atoms with van der Waals surface area (Å²) in [5, 5.41) is 19.5. The molecule has 0 fully saturated rings. The second-order valence-electron chi connectivity index (χ2n) is 16.2. The summed E-state index contributed by atoms with van der Waals surface area (Å²) in [5.41, 5.74) is 0.699. The zero-order valence-corrected chi connectivity index (χ0v) is 33.7. The van der Waals surface area contributed by atoms with Crippen LogP contribution in [-0.2, 0) is 39.0 Å². The Balaban J connectivity index is 1.70. The number of H-pyrrole nitrogens is 1. The van der Waals surface area contributed by atoms with Gasteiger partial charge in [-0.1, -0.05) is 72.7 Å². The topological polar surface area (TPSA) is 198 Å². The largest absolute Gasteiger partial charge is 0.480 e. The smallest absolute Gasteiger partial charge is 0.326 e. The van der Waals surface area contributed by atoms with Crippen molar-refractivity contribution in [1.29, 1.82) is 0 Å². The van der Waals surface area contributed by atoms with Crippen molar-refractivity contribution in [3.05, 3.63) is 59.8 Å². The van der Waals surface area contributed by atoms with Crippen molar-refractivity contribution < 1.29 is 38.7 Å². The molecule has 1 aliphatic heterocycles. The van der Waals surface area contributed by atoms with Crippen molar-refractivity contribution in [3.8, 4) is 0 Å². The first-order chi connectivity index (χ1) is 25.6. The summed E-state index contributed by atoms with van der Waals surface area (Å²) in [6.45, 7) is 14.9. The number of para-hydroxylation sites is 1. The Morgan fingerprint density at radius 1 is 0.945 bits per heavy atom. The minimum absolute atomic E-state index is 0.0419. The Hall–Kier alpha value is -5.11. The van der Waals surface area contributed by atoms with E-state index in [1.165, 1.54) is 11.8 Å². The monoisotopic (exact) mass is 762 g/mol. The lowest BCUT2D eigenvalue weighted by atomic mass is 9.76. The molecule has 5 N–H and O–H groups in total. The Kier molecular flexibility index (Phi) is 14.9. The van der Waals surface area contributed by atoms with Gasteiger partial charge in [0.05, 0.1) is 12.1 Å². The molecule has 0 bridgehead atoms. The lowest BCUT2D eigenvalue weighted by Crippen LogP contribution is -2.61. The molecule has 5 amide bonds. The maximum absolute atomic E-state index is 14.3. The Bertz CT molecular complexity index is 1820. The molecule has 0 unspecified atom stereocenters. The highest BCUT2D eigenvalue weighted by Crippen LogP contribution is 2.34. The molecule has 300 valence electrons. The van der Waals surface area contributed by atoms with E-state index in [1.54, 1.807) is 20.2 Å². The van der Waals surface area contributed by atoms with E-state index in [0.717, 1.165) is 33.5 Å². The molecule has 0 saturated heterocycles. The normalized spacial score (nSPS) is 15.9. The second kappa shape index (κ2) is 18.5. The number of likely N-dealkylation sites (N-methyl/N-ethyl adjacent to an activating group) is 2. The molecular weight excluding hydrogens is 704 g/mol. The average molecular weight is 763 g/mol. The zero-order chi connectivity index (χ0) is 41.4. The van der Waals surface area contributed by atoms with Crippen LogP contribution in [0.4, 0.5) is 0 Å². The number of rotatable bonds is 19. The standard InChI is InChI=1S/C41H58N6O8/c1-24(2)31(22-25(3)36(51)44-30(39(54)55)18-17-26(48)14-13-21-47-32(49)19-20-33(47)50)46(10)38(53)35(40(4,5)6)45-37(52)34(42-9)41(7,8)28-23-43-29-16-12-11-15-27(28)29/h11-12,15-16,19-20,22-24,30-31,34-35,42-43H,13-14,17-18,21H2,1-10H3,(H,44,51)(H,45,52)(H,54,55)/b25-22+/t30-,31-,34-,35-/m1/s1. The van der Waals surface area contributed by atoms with Crippen LogP contribution in [0.5, 0.6) is 0 Å². The van der Waals surface area contributed by atoms with Gasteiger partial charge in [-0.05, 0) is 49.8 Å². The van der Waals surface area contributed by atoms with E-state index in [-0.39, 0.29) is 61.3 Å². The van der Waals surface area contributed by atoms with Crippen LogP contribution in [0.25, 0.3) is 10.9 Å². The molecule has 14 nitrogen and oxygen atoms in total. The number of amides is 5. The predicted octanol–water partition coefficient (Wildman–Crippen LogP) is 3.62. The summed E-state index contributed by atoms with van der Waals surface area (Å²) in [6, 6.07) is 4.27. The van der Waals surface area contributed by atoms with Gasteiger partial charge in [0.25, 0.3) is 11.8 Å². The average Bonchev–Trinajstić information content (AvgIpc) is 3.69. The second-order valence-corrected chi connectivity index (χ2v) is 16.2. The minimum atomic E-state index is -1.35. The molecule has 4 atom stereocenters. The molecule has 55 heavy (non-hydrogen) atoms. The number of aliphatic carboxylic acids is 1. The van der Waals surface area contributed by atoms with Crippen molar-refractivity contribution in [1.82, 2.24) is 30.7 Å². The number of aromatic nitrogens is 1. The number of benzene rings is 1. The summed E-state index contributed by atoms with van der Waals surface area (Å²) in [5.74, 6) is -3.99. The molecule has 3 rings (SSSR count). The number of carboxylic acid groups (broad SMARTS) is 1. The van der Waals surface area contributed by atoms with Crippen LogP contribution in [0.1, 0.15) is 86.6 Å². The molecule has 0 spiro atoms. The lowest BCUT2D eigenvalue weighted by molar-refractivity contribution is -0.142. The molecule has 2 heterocycles. The fourth-order valence-corrected chi connectivity index (χ4v) is 6.93. The first-order valence-electron chi connectivity index (χ1n) is 18.7. The number of carbonyl (C=O) groups is 7. The first kappa shape index (κ1) is 44.3. The Morgan fingerprint density at radius 2 is 1.56 bits per heavy atom. The number of Topliss-reactive ketones (excluding diaryl/α,β-unsaturated/α-hetero) is 1. The number of carboxylic acids is 1. The van der Waals surface area contributed by atoms with Gasteiger partial charge in [-0.2, -0.15) is 0 Å². The van der Waals surface area contributed by atoms with Gasteiger partial charge in [0.1, 0.15) is 17.9 Å². The van der Waals surface area contributed by atoms with Crippen LogP contribution >= 0.6 is 0 Å². The van der Waals surface area contributed by atoms with Gasteiger partial charge >= 0.3 is 5.97 Å². The van der Waals surface area contributed by atoms with E-state index in [9.17, 15) is 38.7 Å². The maximum atomic E-state index is 14.3. The molecule has 2 aromatic rings. The van der Waals surface area contributed by atoms with E-state index in [4.69, 9.17) is 0 Å². The highest BCUT2D eigenvalue weighted by atomic mass is 16.4. The van der Waals surface area contributed by atoms with Gasteiger partial charge in [-0.15, -0.1) is 0 Å². The third kappa shape index (κ3) is 11.0. The molecule has 0 aliphatic carbocycles. The number of nitrogens with zero attached hydrogens (tertiary/aromatic N) is 2. The number of imide groups is 1. The number of nitrogens with one attached hydrogen (secondary N) is 4. The molecule has 14 heteroatoms. The number of hydrogen-bond acceptors (Lipinski definition) is 8. The molecule has 0 saturated carbocycles. The van der Waals surface area contributed by atoms with Crippen LogP contribution in [0.15, 0.2) is 54.3 Å². The van der Waals surface area contributed by atoms with Gasteiger partial charge < -0.3 is 30.9 Å². The lowest BCUT2D eigenvalue weighted by Gasteiger charge is -2.39. The molecular formula is C41H58N6O8. The predicted molar refractivity (Wildman–Crippen MR) is 210 cm³/mol. The van der Waals surface area contributed by atoms with Crippen molar-refractivity contribution in [2.75, 3.05) is 20.6 Å². The van der Waals surface area contributed by atoms with Crippen molar-refractivity contribution in [2.24, 2.45) is 11.3 Å². The van der Waals surface area contributed by atoms with Crippen LogP contribution in [0.3, 0.4) is 0 Å². The molecule has 1 aliphatic rings. The van der Waals surface area contributed by atoms with Crippen molar-refractivity contribution in [3.63, 3.8) is 0 Å². The van der Waals surface area contributed by atoms with Gasteiger partial charge in [-0.25, -0.2) is 4.79 Å². The molecule has 0 radical (unpaired) electrons. The fraction of sp³-hybridized carbons (Fsp3) is 0.537. The molecule has 1 aromatic heterocycles. The highest BCUT2D eigenvalue weighted by molar-refractivity contribution is 6.12. The number of fused-ring (bicyclic) bond motifs is 1. The van der Waals surface area contributed by atoms with E-state index >= 15 is 0 Å². The van der Waals surface area contributed by atoms with Crippen LogP contribution in [0, 0.1) is 11.3 Å². The third-order valence-corrected chi connectivity index (χ3v) is 10.3. The summed E-state index contributed by atoms with van der Waals surface area (Å²) >= 11 is 0. The van der Waals surface area contributed by atoms with E-state index in [1.807, 2.05) is 78.9 Å². The summed E-state index contributed by atoms with van der Waals surface area (Å²) in [4.78, 5) is 95.4. The highest BCUT2D eigenvalue weighted by Gasteiger charge is 2.42. The Labute approximate surface area is 323 Å². The summed E-state index contributed by atoms with van der Waals surface area (Å²) < 4.78 is 0. The van der Waals surface area contributed by atoms with Crippen molar-refractivity contribution >= 4 is 52.2 Å². The van der Waals surface area contributed by atoms with Crippen molar-refractivity contribution in [2.45, 2.75) is 111 Å². The molecule has 1 aromatic carbocycles. The SMILES string of the molecule is CN[C@H](C(=O)N[C@H](C(=O)N(C)[C@H](/C=C(\C)C(=O)N[C@H](CCC(=O)CCCN1C(=O)C=CC1=O)C(=O)O)C(C)C)C(C)(C)C)C(C)(C)c1c[nH]c2ccccc12. The van der Waals surface area contributed by atoms with E-state index in [2.05, 4.69) is 20.9 Å². The van der Waals surface area contributed by atoms with Gasteiger partial charge in [-0.3, -0.25) is 33.7 Å². The number of carbonyl (C=O) groups excluding carboxylic acids is 6. The summed E-state index contributed by atoms with van der Waals surface area (Å²) in [7, 11) is 3.33. The van der Waals surface area contributed by atoms with E-state index < -0.39 is 58.7 Å². The van der Waals surface area contributed by atoms with E-state index in [0.29, 0.717) is 0 Å². The Morgan fingerprint density at radius 3 is 2.13 bits per heavy atom. The minimum Gasteiger partial charge on any atom is -0.480 e. The van der Waals surface area contributed by atoms with Crippen LogP contribution in [-0.4, -0.2) is 106 Å². The first-order valence-corrected chi connectivity index (χ1v) is 18.7. The van der Waals surface area contributed by atoms with Gasteiger partial charge in [0, 0.05) is 66.7 Å². The number of aromatic amines is 1. The van der Waals surface area contributed by atoms with Crippen LogP contribution < -0.4 is 16.0 Å².